The Labute approximate surface area is 273 Å². The number of allylic oxidation sites excluding steroid dienone is 2. The van der Waals surface area contributed by atoms with Gasteiger partial charge in [0.2, 0.25) is 0 Å². The summed E-state index contributed by atoms with van der Waals surface area (Å²) in [6, 6.07) is 22.9. The van der Waals surface area contributed by atoms with Crippen LogP contribution in [0.3, 0.4) is 0 Å². The first kappa shape index (κ1) is 36.4. The maximum atomic E-state index is 11.9. The molecule has 4 heteroatoms. The van der Waals surface area contributed by atoms with Crippen LogP contribution in [0.15, 0.2) is 66.4 Å². The van der Waals surface area contributed by atoms with E-state index < -0.39 is 0 Å². The van der Waals surface area contributed by atoms with Gasteiger partial charge in [-0.25, -0.2) is 0 Å². The van der Waals surface area contributed by atoms with Crippen LogP contribution in [-0.2, 0) is 30.3 Å². The van der Waals surface area contributed by atoms with Crippen LogP contribution in [0, 0.1) is 31.2 Å². The normalized spacial score (nSPS) is 12.2. The van der Waals surface area contributed by atoms with Crippen molar-refractivity contribution in [3.63, 3.8) is 0 Å². The molecule has 43 heavy (non-hydrogen) atoms. The molecule has 0 atom stereocenters. The van der Waals surface area contributed by atoms with Crippen molar-refractivity contribution < 1.29 is 30.0 Å². The Morgan fingerprint density at radius 2 is 1.53 bits per heavy atom. The molecule has 0 spiro atoms. The molecule has 0 fully saturated rings. The van der Waals surface area contributed by atoms with Crippen molar-refractivity contribution in [2.24, 2.45) is 11.3 Å². The number of aliphatic hydroxyl groups is 1. The second-order valence-corrected chi connectivity index (χ2v) is 12.9. The van der Waals surface area contributed by atoms with E-state index in [-0.39, 0.29) is 48.4 Å². The molecule has 4 rings (SSSR count). The van der Waals surface area contributed by atoms with Crippen molar-refractivity contribution >= 4 is 27.5 Å². The maximum absolute atomic E-state index is 11.9. The number of ketones is 1. The number of hydrogen-bond acceptors (Lipinski definition) is 3. The molecule has 4 aromatic rings. The molecule has 0 aliphatic carbocycles. The first-order valence-electron chi connectivity index (χ1n) is 15.6. The average molecular weight is 757 g/mol. The van der Waals surface area contributed by atoms with Crippen LogP contribution >= 0.6 is 0 Å². The molecule has 0 bridgehead atoms. The van der Waals surface area contributed by atoms with Crippen molar-refractivity contribution in [2.75, 3.05) is 0 Å². The fourth-order valence-electron chi connectivity index (χ4n) is 5.55. The molecule has 0 saturated carbocycles. The van der Waals surface area contributed by atoms with Gasteiger partial charge in [0, 0.05) is 48.6 Å². The van der Waals surface area contributed by atoms with Gasteiger partial charge in [0.15, 0.2) is 5.78 Å². The van der Waals surface area contributed by atoms with Gasteiger partial charge in [-0.2, -0.15) is 0 Å². The molecule has 3 nitrogen and oxygen atoms in total. The van der Waals surface area contributed by atoms with Crippen LogP contribution in [0.2, 0.25) is 0 Å². The Bertz CT molecular complexity index is 1570. The minimum Gasteiger partial charge on any atom is -0.512 e. The van der Waals surface area contributed by atoms with E-state index in [4.69, 9.17) is 4.98 Å². The van der Waals surface area contributed by atoms with Crippen LogP contribution in [0.5, 0.6) is 0 Å². The van der Waals surface area contributed by atoms with Gasteiger partial charge in [-0.1, -0.05) is 103 Å². The molecule has 0 aliphatic heterocycles. The number of aryl methyl sites for hydroxylation is 2. The largest absolute Gasteiger partial charge is 0.512 e. The summed E-state index contributed by atoms with van der Waals surface area (Å²) < 4.78 is 0. The predicted molar refractivity (Wildman–Crippen MR) is 180 cm³/mol. The molecule has 1 aromatic heterocycles. The molecular weight excluding hydrogens is 707 g/mol. The Morgan fingerprint density at radius 1 is 0.907 bits per heavy atom. The van der Waals surface area contributed by atoms with Crippen LogP contribution < -0.4 is 0 Å². The zero-order valence-electron chi connectivity index (χ0n) is 27.8. The molecule has 1 heterocycles. The molecule has 0 amide bonds. The molecule has 0 unspecified atom stereocenters. The summed E-state index contributed by atoms with van der Waals surface area (Å²) in [6.45, 7) is 21.2. The number of pyridine rings is 1. The van der Waals surface area contributed by atoms with Crippen LogP contribution in [0.25, 0.3) is 32.9 Å². The second-order valence-electron chi connectivity index (χ2n) is 12.9. The minimum atomic E-state index is -0.248. The quantitative estimate of drug-likeness (QED) is 0.111. The third kappa shape index (κ3) is 8.43. The molecule has 1 N–H and O–H groups in total. The third-order valence-corrected chi connectivity index (χ3v) is 8.94. The summed E-state index contributed by atoms with van der Waals surface area (Å²) in [6.07, 6.45) is 4.83. The molecule has 0 saturated heterocycles. The molecule has 3 aromatic carbocycles. The van der Waals surface area contributed by atoms with Gasteiger partial charge >= 0.3 is 0 Å². The van der Waals surface area contributed by atoms with E-state index in [0.29, 0.717) is 0 Å². The summed E-state index contributed by atoms with van der Waals surface area (Å²) in [5.74, 6) is 0.366. The molecule has 233 valence electrons. The van der Waals surface area contributed by atoms with E-state index in [9.17, 15) is 9.90 Å². The number of hydrogen-bond donors (Lipinski definition) is 1. The van der Waals surface area contributed by atoms with Gasteiger partial charge < -0.3 is 5.11 Å². The summed E-state index contributed by atoms with van der Waals surface area (Å²) in [5.41, 5.74) is 6.81. The van der Waals surface area contributed by atoms with Gasteiger partial charge in [0.05, 0.1) is 5.52 Å². The number of fused-ring (bicyclic) bond motifs is 2. The fraction of sp³-hybridized carbons (Fsp3) is 0.436. The number of aliphatic hydroxyl groups excluding tert-OH is 1. The van der Waals surface area contributed by atoms with Crippen molar-refractivity contribution in [1.29, 1.82) is 0 Å². The molecular formula is C39H50IrNO2-. The first-order valence-corrected chi connectivity index (χ1v) is 15.6. The molecule has 1 radical (unpaired) electrons. The monoisotopic (exact) mass is 757 g/mol. The topological polar surface area (TPSA) is 50.2 Å². The van der Waals surface area contributed by atoms with Crippen LogP contribution in [-0.4, -0.2) is 15.9 Å². The van der Waals surface area contributed by atoms with Gasteiger partial charge in [-0.3, -0.25) is 9.78 Å². The van der Waals surface area contributed by atoms with Crippen molar-refractivity contribution in [3.8, 4) is 11.3 Å². The number of benzene rings is 3. The standard InChI is InChI=1S/C25H24N.C14H26O2.Ir/c1-16-9-8-12-22-24(16)17(2)13-23(26-22)19-14-18-10-6-7-11-20(18)21(15-19)25(3,4)5;1-6-11(7-2)12(15)10-13(16)14(5,8-3)9-4;/h6-13,15H,1-5H3;10-11,16H,6-9H2,1-5H3;/q-1;;/b;13-10-;. The fourth-order valence-corrected chi connectivity index (χ4v) is 5.55. The third-order valence-electron chi connectivity index (χ3n) is 8.94. The van der Waals surface area contributed by atoms with E-state index in [1.54, 1.807) is 0 Å². The van der Waals surface area contributed by atoms with Gasteiger partial charge in [-0.05, 0) is 62.1 Å². The second kappa shape index (κ2) is 15.3. The first-order chi connectivity index (χ1) is 19.8. The van der Waals surface area contributed by atoms with E-state index in [2.05, 4.69) is 95.3 Å². The zero-order chi connectivity index (χ0) is 31.2. The summed E-state index contributed by atoms with van der Waals surface area (Å²) in [4.78, 5) is 16.8. The summed E-state index contributed by atoms with van der Waals surface area (Å²) in [7, 11) is 0. The van der Waals surface area contributed by atoms with E-state index >= 15 is 0 Å². The predicted octanol–water partition coefficient (Wildman–Crippen LogP) is 11.0. The van der Waals surface area contributed by atoms with Crippen LogP contribution in [0.1, 0.15) is 97.8 Å². The summed E-state index contributed by atoms with van der Waals surface area (Å²) in [5, 5.41) is 13.7. The van der Waals surface area contributed by atoms with Gasteiger partial charge in [0.1, 0.15) is 5.76 Å². The van der Waals surface area contributed by atoms with E-state index in [1.165, 1.54) is 33.5 Å². The molecule has 0 aliphatic rings. The Balaban J connectivity index is 0.000000332. The maximum Gasteiger partial charge on any atom is 0.162 e. The average Bonchev–Trinajstić information content (AvgIpc) is 2.96. The number of rotatable bonds is 8. The minimum absolute atomic E-state index is 0. The Kier molecular flexibility index (Phi) is 12.9. The van der Waals surface area contributed by atoms with Gasteiger partial charge in [0.25, 0.3) is 0 Å². The number of nitrogens with zero attached hydrogens (tertiary/aromatic N) is 1. The number of carbonyl (C=O) groups is 1. The van der Waals surface area contributed by atoms with Gasteiger partial charge in [-0.15, -0.1) is 29.1 Å². The van der Waals surface area contributed by atoms with Crippen molar-refractivity contribution in [3.05, 3.63) is 89.2 Å². The van der Waals surface area contributed by atoms with Crippen molar-refractivity contribution in [1.82, 2.24) is 4.98 Å². The van der Waals surface area contributed by atoms with E-state index in [0.717, 1.165) is 47.8 Å². The smallest absolute Gasteiger partial charge is 0.162 e. The Hall–Kier alpha value is -2.81. The Morgan fingerprint density at radius 3 is 2.12 bits per heavy atom. The van der Waals surface area contributed by atoms with E-state index in [1.807, 2.05) is 34.6 Å². The number of aromatic nitrogens is 1. The zero-order valence-corrected chi connectivity index (χ0v) is 30.2. The van der Waals surface area contributed by atoms with Crippen molar-refractivity contribution in [2.45, 2.75) is 100 Å². The van der Waals surface area contributed by atoms with Crippen LogP contribution in [0.4, 0.5) is 0 Å². The SMILES string of the molecule is CCC(CC)C(=O)/C=C(\O)C(C)(CC)CC.Cc1cccc2nc(-c3[c-]c4ccccc4c(C(C)(C)C)c3)cc(C)c12.[Ir]. The number of carbonyl (C=O) groups excluding carboxylic acids is 1. The summed E-state index contributed by atoms with van der Waals surface area (Å²) >= 11 is 0.